The number of halogens is 1. The number of H-pyrrole nitrogens is 1. The molecular formula is C13H13FN2S. The minimum absolute atomic E-state index is 0.254. The van der Waals surface area contributed by atoms with E-state index in [4.69, 9.17) is 12.2 Å². The van der Waals surface area contributed by atoms with Crippen molar-refractivity contribution in [3.63, 3.8) is 0 Å². The molecule has 0 unspecified atom stereocenters. The second-order valence-corrected chi connectivity index (χ2v) is 4.26. The first-order valence-corrected chi connectivity index (χ1v) is 5.96. The quantitative estimate of drug-likeness (QED) is 0.835. The van der Waals surface area contributed by atoms with Crippen molar-refractivity contribution < 1.29 is 4.39 Å². The first-order valence-electron chi connectivity index (χ1n) is 5.55. The van der Waals surface area contributed by atoms with Gasteiger partial charge in [-0.05, 0) is 24.6 Å². The summed E-state index contributed by atoms with van der Waals surface area (Å²) in [5, 5.41) is 0. The second kappa shape index (κ2) is 5.19. The van der Waals surface area contributed by atoms with Crippen molar-refractivity contribution in [1.29, 1.82) is 0 Å². The molecule has 1 aromatic heterocycles. The number of aromatic nitrogens is 2. The van der Waals surface area contributed by atoms with Gasteiger partial charge in [0.15, 0.2) is 0 Å². The maximum atomic E-state index is 13.1. The average molecular weight is 248 g/mol. The molecule has 0 saturated carbocycles. The minimum Gasteiger partial charge on any atom is -0.343 e. The lowest BCUT2D eigenvalue weighted by atomic mass is 10.1. The lowest BCUT2D eigenvalue weighted by Crippen LogP contribution is -1.97. The molecule has 0 fully saturated rings. The third-order valence-corrected chi connectivity index (χ3v) is 2.62. The van der Waals surface area contributed by atoms with Gasteiger partial charge >= 0.3 is 0 Å². The predicted molar refractivity (Wildman–Crippen MR) is 68.8 cm³/mol. The monoisotopic (exact) mass is 248 g/mol. The van der Waals surface area contributed by atoms with Crippen molar-refractivity contribution in [2.45, 2.75) is 19.8 Å². The van der Waals surface area contributed by atoms with Crippen LogP contribution in [0.15, 0.2) is 30.3 Å². The molecule has 2 nitrogen and oxygen atoms in total. The fourth-order valence-electron chi connectivity index (χ4n) is 1.67. The Hall–Kier alpha value is -1.55. The van der Waals surface area contributed by atoms with E-state index in [1.807, 2.05) is 6.07 Å². The summed E-state index contributed by atoms with van der Waals surface area (Å²) >= 11 is 5.11. The summed E-state index contributed by atoms with van der Waals surface area (Å²) in [6.45, 7) is 2.08. The largest absolute Gasteiger partial charge is 0.343 e. The van der Waals surface area contributed by atoms with E-state index in [9.17, 15) is 4.39 Å². The van der Waals surface area contributed by atoms with Gasteiger partial charge in [-0.25, -0.2) is 9.37 Å². The number of benzene rings is 1. The first-order chi connectivity index (χ1) is 8.19. The van der Waals surface area contributed by atoms with E-state index in [0.717, 1.165) is 29.9 Å². The van der Waals surface area contributed by atoms with Crippen LogP contribution in [0.5, 0.6) is 0 Å². The van der Waals surface area contributed by atoms with Crippen molar-refractivity contribution >= 4 is 12.2 Å². The van der Waals surface area contributed by atoms with Gasteiger partial charge in [-0.3, -0.25) is 0 Å². The molecule has 1 heterocycles. The van der Waals surface area contributed by atoms with Crippen LogP contribution in [-0.4, -0.2) is 9.97 Å². The molecule has 0 spiro atoms. The molecule has 0 bridgehead atoms. The molecule has 0 aliphatic carbocycles. The van der Waals surface area contributed by atoms with Crippen molar-refractivity contribution in [2.75, 3.05) is 0 Å². The van der Waals surface area contributed by atoms with E-state index >= 15 is 0 Å². The fraction of sp³-hybridized carbons (Fsp3) is 0.231. The van der Waals surface area contributed by atoms with E-state index < -0.39 is 0 Å². The van der Waals surface area contributed by atoms with Gasteiger partial charge in [0.05, 0.1) is 0 Å². The van der Waals surface area contributed by atoms with Crippen molar-refractivity contribution in [1.82, 2.24) is 9.97 Å². The number of hydrogen-bond donors (Lipinski definition) is 1. The number of rotatable bonds is 3. The Labute approximate surface area is 105 Å². The Morgan fingerprint density at radius 2 is 2.18 bits per heavy atom. The Morgan fingerprint density at radius 1 is 1.35 bits per heavy atom. The van der Waals surface area contributed by atoms with Crippen LogP contribution in [0, 0.1) is 10.5 Å². The highest BCUT2D eigenvalue weighted by Gasteiger charge is 2.02. The molecule has 0 radical (unpaired) electrons. The zero-order valence-corrected chi connectivity index (χ0v) is 10.4. The topological polar surface area (TPSA) is 28.7 Å². The van der Waals surface area contributed by atoms with Crippen LogP contribution in [0.1, 0.15) is 19.2 Å². The molecule has 0 aliphatic rings. The van der Waals surface area contributed by atoms with E-state index in [0.29, 0.717) is 4.64 Å². The summed E-state index contributed by atoms with van der Waals surface area (Å²) in [4.78, 5) is 7.42. The molecule has 2 aromatic rings. The van der Waals surface area contributed by atoms with Gasteiger partial charge in [0, 0.05) is 17.7 Å². The molecule has 0 atom stereocenters. The lowest BCUT2D eigenvalue weighted by molar-refractivity contribution is 0.628. The Bertz CT molecular complexity index is 578. The standard InChI is InChI=1S/C13H13FN2S/c1-2-4-12-15-11(8-13(17)16-12)9-5-3-6-10(14)7-9/h3,5-8H,2,4H2,1H3,(H,15,16,17). The molecule has 0 aliphatic heterocycles. The van der Waals surface area contributed by atoms with E-state index in [2.05, 4.69) is 16.9 Å². The molecule has 4 heteroatoms. The van der Waals surface area contributed by atoms with E-state index in [1.54, 1.807) is 12.1 Å². The van der Waals surface area contributed by atoms with Crippen LogP contribution in [-0.2, 0) is 6.42 Å². The smallest absolute Gasteiger partial charge is 0.130 e. The summed E-state index contributed by atoms with van der Waals surface area (Å²) < 4.78 is 13.7. The van der Waals surface area contributed by atoms with Crippen LogP contribution in [0.2, 0.25) is 0 Å². The number of aryl methyl sites for hydroxylation is 1. The molecule has 1 aromatic carbocycles. The summed E-state index contributed by atoms with van der Waals surface area (Å²) in [5.74, 6) is 0.593. The molecule has 0 saturated heterocycles. The molecule has 17 heavy (non-hydrogen) atoms. The van der Waals surface area contributed by atoms with Crippen molar-refractivity contribution in [2.24, 2.45) is 0 Å². The lowest BCUT2D eigenvalue weighted by Gasteiger charge is -2.05. The number of hydrogen-bond acceptors (Lipinski definition) is 2. The summed E-state index contributed by atoms with van der Waals surface area (Å²) in [7, 11) is 0. The van der Waals surface area contributed by atoms with Crippen LogP contribution in [0.4, 0.5) is 4.39 Å². The van der Waals surface area contributed by atoms with Gasteiger partial charge in [-0.2, -0.15) is 0 Å². The summed E-state index contributed by atoms with van der Waals surface area (Å²) in [6, 6.07) is 8.19. The van der Waals surface area contributed by atoms with Gasteiger partial charge in [0.1, 0.15) is 16.3 Å². The number of nitrogens with zero attached hydrogens (tertiary/aromatic N) is 1. The number of aromatic amines is 1. The maximum absolute atomic E-state index is 13.1. The molecular weight excluding hydrogens is 235 g/mol. The Morgan fingerprint density at radius 3 is 2.88 bits per heavy atom. The highest BCUT2D eigenvalue weighted by Crippen LogP contribution is 2.18. The van der Waals surface area contributed by atoms with Crippen LogP contribution in [0.3, 0.4) is 0 Å². The molecule has 88 valence electrons. The third kappa shape index (κ3) is 2.97. The highest BCUT2D eigenvalue weighted by molar-refractivity contribution is 7.71. The summed E-state index contributed by atoms with van der Waals surface area (Å²) in [5.41, 5.74) is 1.60. The van der Waals surface area contributed by atoms with Gasteiger partial charge in [-0.1, -0.05) is 31.3 Å². The van der Waals surface area contributed by atoms with Crippen LogP contribution >= 0.6 is 12.2 Å². The van der Waals surface area contributed by atoms with Gasteiger partial charge < -0.3 is 4.98 Å². The zero-order chi connectivity index (χ0) is 12.3. The summed E-state index contributed by atoms with van der Waals surface area (Å²) in [6.07, 6.45) is 1.83. The fourth-order valence-corrected chi connectivity index (χ4v) is 1.90. The average Bonchev–Trinajstić information content (AvgIpc) is 2.28. The minimum atomic E-state index is -0.254. The maximum Gasteiger partial charge on any atom is 0.130 e. The second-order valence-electron chi connectivity index (χ2n) is 3.84. The van der Waals surface area contributed by atoms with Gasteiger partial charge in [-0.15, -0.1) is 0 Å². The van der Waals surface area contributed by atoms with Crippen molar-refractivity contribution in [3.8, 4) is 11.3 Å². The molecule has 0 amide bonds. The third-order valence-electron chi connectivity index (χ3n) is 2.41. The van der Waals surface area contributed by atoms with Gasteiger partial charge in [0.25, 0.3) is 0 Å². The highest BCUT2D eigenvalue weighted by atomic mass is 32.1. The zero-order valence-electron chi connectivity index (χ0n) is 9.53. The predicted octanol–water partition coefficient (Wildman–Crippen LogP) is 3.90. The normalized spacial score (nSPS) is 10.5. The van der Waals surface area contributed by atoms with Gasteiger partial charge in [0.2, 0.25) is 0 Å². The van der Waals surface area contributed by atoms with Crippen molar-refractivity contribution in [3.05, 3.63) is 46.6 Å². The first kappa shape index (κ1) is 11.9. The SMILES string of the molecule is CCCc1nc(=S)cc(-c2cccc(F)c2)[nH]1. The molecule has 2 rings (SSSR count). The van der Waals surface area contributed by atoms with Crippen LogP contribution in [0.25, 0.3) is 11.3 Å². The number of nitrogens with one attached hydrogen (secondary N) is 1. The Kier molecular flexibility index (Phi) is 3.64. The van der Waals surface area contributed by atoms with E-state index in [1.165, 1.54) is 12.1 Å². The van der Waals surface area contributed by atoms with Crippen LogP contribution < -0.4 is 0 Å². The molecule has 1 N–H and O–H groups in total. The Balaban J connectivity index is 2.48. The van der Waals surface area contributed by atoms with E-state index in [-0.39, 0.29) is 5.82 Å².